The third-order valence-corrected chi connectivity index (χ3v) is 4.83. The van der Waals surface area contributed by atoms with Gasteiger partial charge in [0.25, 0.3) is 0 Å². The second-order valence-corrected chi connectivity index (χ2v) is 7.05. The summed E-state index contributed by atoms with van der Waals surface area (Å²) < 4.78 is 0. The van der Waals surface area contributed by atoms with Gasteiger partial charge in [0.2, 0.25) is 0 Å². The summed E-state index contributed by atoms with van der Waals surface area (Å²) in [5, 5.41) is 0. The van der Waals surface area contributed by atoms with Gasteiger partial charge in [-0.25, -0.2) is 0 Å². The Bertz CT molecular complexity index is 183. The largest absolute Gasteiger partial charge is 0.0648 e. The van der Waals surface area contributed by atoms with Gasteiger partial charge in [-0.1, -0.05) is 41.5 Å². The molecule has 0 nitrogen and oxygen atoms in total. The van der Waals surface area contributed by atoms with E-state index < -0.39 is 0 Å². The Balaban J connectivity index is 2.77. The number of hydrogen-bond donors (Lipinski definition) is 0. The molecule has 0 aromatic rings. The van der Waals surface area contributed by atoms with Crippen molar-refractivity contribution in [2.24, 2.45) is 16.2 Å². The van der Waals surface area contributed by atoms with Crippen LogP contribution in [0.15, 0.2) is 0 Å². The molecule has 0 radical (unpaired) electrons. The molecule has 0 heterocycles. The predicted molar refractivity (Wildman–Crippen MR) is 64.4 cm³/mol. The van der Waals surface area contributed by atoms with Gasteiger partial charge in [0.1, 0.15) is 0 Å². The van der Waals surface area contributed by atoms with Gasteiger partial charge in [0.05, 0.1) is 0 Å². The van der Waals surface area contributed by atoms with E-state index in [0.717, 1.165) is 0 Å². The fourth-order valence-corrected chi connectivity index (χ4v) is 3.04. The van der Waals surface area contributed by atoms with Gasteiger partial charge in [-0.2, -0.15) is 0 Å². The zero-order valence-electron chi connectivity index (χ0n) is 11.0. The van der Waals surface area contributed by atoms with Gasteiger partial charge in [-0.05, 0) is 48.3 Å². The summed E-state index contributed by atoms with van der Waals surface area (Å²) in [5.74, 6) is 0. The Morgan fingerprint density at radius 2 is 1.36 bits per heavy atom. The van der Waals surface area contributed by atoms with Crippen LogP contribution in [0, 0.1) is 16.2 Å². The van der Waals surface area contributed by atoms with E-state index in [1.807, 2.05) is 0 Å². The first-order valence-corrected chi connectivity index (χ1v) is 6.22. The quantitative estimate of drug-likeness (QED) is 0.552. The maximum Gasteiger partial charge on any atom is -0.0251 e. The Labute approximate surface area is 90.5 Å². The van der Waals surface area contributed by atoms with Crippen molar-refractivity contribution in [2.45, 2.75) is 73.6 Å². The van der Waals surface area contributed by atoms with E-state index in [2.05, 4.69) is 41.5 Å². The predicted octanol–water partition coefficient (Wildman–Crippen LogP) is 5.03. The lowest BCUT2D eigenvalue weighted by Crippen LogP contribution is -2.40. The van der Waals surface area contributed by atoms with E-state index in [1.54, 1.807) is 0 Å². The smallest absolute Gasteiger partial charge is 0.0251 e. The van der Waals surface area contributed by atoms with Crippen molar-refractivity contribution in [2.75, 3.05) is 0 Å². The Morgan fingerprint density at radius 1 is 0.929 bits per heavy atom. The van der Waals surface area contributed by atoms with E-state index >= 15 is 0 Å². The molecule has 0 spiro atoms. The maximum absolute atomic E-state index is 2.43. The number of hydrogen-bond acceptors (Lipinski definition) is 0. The van der Waals surface area contributed by atoms with Crippen molar-refractivity contribution in [1.29, 1.82) is 0 Å². The lowest BCUT2D eigenvalue weighted by atomic mass is 9.54. The molecular formula is C14H28. The molecule has 1 aliphatic carbocycles. The molecule has 1 aliphatic rings. The van der Waals surface area contributed by atoms with Crippen LogP contribution in [0.25, 0.3) is 0 Å². The van der Waals surface area contributed by atoms with E-state index in [9.17, 15) is 0 Å². The molecule has 0 heteroatoms. The highest BCUT2D eigenvalue weighted by Gasteiger charge is 2.44. The monoisotopic (exact) mass is 196 g/mol. The number of rotatable bonds is 1. The van der Waals surface area contributed by atoms with Crippen molar-refractivity contribution in [3.63, 3.8) is 0 Å². The lowest BCUT2D eigenvalue weighted by molar-refractivity contribution is -0.00238. The summed E-state index contributed by atoms with van der Waals surface area (Å²) >= 11 is 0. The van der Waals surface area contributed by atoms with Crippen LogP contribution in [0.4, 0.5) is 0 Å². The zero-order chi connectivity index (χ0) is 11.0. The van der Waals surface area contributed by atoms with Crippen molar-refractivity contribution in [1.82, 2.24) is 0 Å². The first kappa shape index (κ1) is 12.1. The van der Waals surface area contributed by atoms with Gasteiger partial charge >= 0.3 is 0 Å². The third-order valence-electron chi connectivity index (χ3n) is 4.83. The highest BCUT2D eigenvalue weighted by atomic mass is 14.5. The van der Waals surface area contributed by atoms with Crippen LogP contribution in [0.3, 0.4) is 0 Å². The van der Waals surface area contributed by atoms with Gasteiger partial charge in [-0.15, -0.1) is 0 Å². The molecule has 1 fully saturated rings. The van der Waals surface area contributed by atoms with Gasteiger partial charge in [0, 0.05) is 0 Å². The third kappa shape index (κ3) is 2.15. The summed E-state index contributed by atoms with van der Waals surface area (Å²) in [6.07, 6.45) is 7.04. The van der Waals surface area contributed by atoms with Crippen molar-refractivity contribution in [3.8, 4) is 0 Å². The highest BCUT2D eigenvalue weighted by Crippen LogP contribution is 2.55. The first-order chi connectivity index (χ1) is 6.22. The summed E-state index contributed by atoms with van der Waals surface area (Å²) in [5.41, 5.74) is 1.70. The lowest BCUT2D eigenvalue weighted by Gasteiger charge is -2.51. The molecule has 0 aromatic carbocycles. The molecule has 0 N–H and O–H groups in total. The Hall–Kier alpha value is 0. The van der Waals surface area contributed by atoms with E-state index in [1.165, 1.54) is 32.1 Å². The van der Waals surface area contributed by atoms with Gasteiger partial charge in [-0.3, -0.25) is 0 Å². The van der Waals surface area contributed by atoms with E-state index in [4.69, 9.17) is 0 Å². The summed E-state index contributed by atoms with van der Waals surface area (Å²) in [4.78, 5) is 0. The molecule has 14 heavy (non-hydrogen) atoms. The van der Waals surface area contributed by atoms with Crippen LogP contribution in [0.1, 0.15) is 73.6 Å². The molecule has 84 valence electrons. The average Bonchev–Trinajstić information content (AvgIpc) is 2.03. The minimum Gasteiger partial charge on any atom is -0.0648 e. The van der Waals surface area contributed by atoms with Crippen LogP contribution >= 0.6 is 0 Å². The minimum atomic E-state index is 0.484. The molecule has 0 unspecified atom stereocenters. The highest BCUT2D eigenvalue weighted by molar-refractivity contribution is 4.95. The van der Waals surface area contributed by atoms with Crippen molar-refractivity contribution < 1.29 is 0 Å². The molecule has 1 rings (SSSR count). The normalized spacial score (nSPS) is 26.1. The van der Waals surface area contributed by atoms with Gasteiger partial charge in [0.15, 0.2) is 0 Å². The molecule has 0 saturated heterocycles. The van der Waals surface area contributed by atoms with Crippen LogP contribution in [0.5, 0.6) is 0 Å². The van der Waals surface area contributed by atoms with Gasteiger partial charge < -0.3 is 0 Å². The molecule has 0 aliphatic heterocycles. The Morgan fingerprint density at radius 3 is 1.64 bits per heavy atom. The SMILES string of the molecule is CCC1(C(C)(C)C)CCC(C)(C)CC1. The van der Waals surface area contributed by atoms with Crippen LogP contribution in [0.2, 0.25) is 0 Å². The maximum atomic E-state index is 2.43. The minimum absolute atomic E-state index is 0.484. The molecule has 0 bridgehead atoms. The second kappa shape index (κ2) is 3.54. The zero-order valence-corrected chi connectivity index (χ0v) is 11.0. The fraction of sp³-hybridized carbons (Fsp3) is 1.00. The molecular weight excluding hydrogens is 168 g/mol. The fourth-order valence-electron chi connectivity index (χ4n) is 3.04. The summed E-state index contributed by atoms with van der Waals surface area (Å²) in [7, 11) is 0. The van der Waals surface area contributed by atoms with Crippen molar-refractivity contribution >= 4 is 0 Å². The summed E-state index contributed by atoms with van der Waals surface area (Å²) in [6.45, 7) is 14.5. The standard InChI is InChI=1S/C14H28/c1-7-14(12(2,3)4)10-8-13(5,6)9-11-14/h7-11H2,1-6H3. The van der Waals surface area contributed by atoms with Crippen LogP contribution in [-0.2, 0) is 0 Å². The van der Waals surface area contributed by atoms with Crippen LogP contribution in [-0.4, -0.2) is 0 Å². The van der Waals surface area contributed by atoms with Crippen LogP contribution < -0.4 is 0 Å². The topological polar surface area (TPSA) is 0 Å². The van der Waals surface area contributed by atoms with E-state index in [0.29, 0.717) is 16.2 Å². The summed E-state index contributed by atoms with van der Waals surface area (Å²) in [6, 6.07) is 0. The molecule has 0 aromatic heterocycles. The Kier molecular flexibility index (Phi) is 3.05. The molecule has 0 atom stereocenters. The first-order valence-electron chi connectivity index (χ1n) is 6.22. The molecule has 1 saturated carbocycles. The molecule has 0 amide bonds. The second-order valence-electron chi connectivity index (χ2n) is 7.05. The van der Waals surface area contributed by atoms with Crippen molar-refractivity contribution in [3.05, 3.63) is 0 Å². The van der Waals surface area contributed by atoms with E-state index in [-0.39, 0.29) is 0 Å². The average molecular weight is 196 g/mol.